The number of hydrogen-bond acceptors (Lipinski definition) is 6. The second-order valence-electron chi connectivity index (χ2n) is 6.62. The molecule has 26 heavy (non-hydrogen) atoms. The van der Waals surface area contributed by atoms with Gasteiger partial charge in [0.15, 0.2) is 5.82 Å². The maximum absolute atomic E-state index is 4.89. The monoisotopic (exact) mass is 349 g/mol. The van der Waals surface area contributed by atoms with Gasteiger partial charge in [-0.1, -0.05) is 6.92 Å². The number of aromatic nitrogens is 6. The van der Waals surface area contributed by atoms with Crippen molar-refractivity contribution in [1.29, 1.82) is 0 Å². The molecule has 4 heterocycles. The summed E-state index contributed by atoms with van der Waals surface area (Å²) >= 11 is 0. The summed E-state index contributed by atoms with van der Waals surface area (Å²) in [7, 11) is 0. The van der Waals surface area contributed by atoms with E-state index < -0.39 is 0 Å². The minimum absolute atomic E-state index is 0.347. The Morgan fingerprint density at radius 2 is 2.04 bits per heavy atom. The Morgan fingerprint density at radius 1 is 1.12 bits per heavy atom. The first-order chi connectivity index (χ1) is 12.7. The van der Waals surface area contributed by atoms with Crippen molar-refractivity contribution in [3.8, 4) is 5.82 Å². The van der Waals surface area contributed by atoms with Crippen molar-refractivity contribution in [2.45, 2.75) is 39.0 Å². The van der Waals surface area contributed by atoms with E-state index in [4.69, 9.17) is 4.98 Å². The highest BCUT2D eigenvalue weighted by Crippen LogP contribution is 2.28. The maximum atomic E-state index is 4.89. The summed E-state index contributed by atoms with van der Waals surface area (Å²) in [4.78, 5) is 24.8. The maximum Gasteiger partial charge on any atom is 0.156 e. The molecule has 0 aromatic carbocycles. The number of piperidine rings is 1. The number of hydrogen-bond donors (Lipinski definition) is 0. The highest BCUT2D eigenvalue weighted by Gasteiger charge is 2.24. The van der Waals surface area contributed by atoms with Gasteiger partial charge in [-0.05, 0) is 25.8 Å². The van der Waals surface area contributed by atoms with E-state index in [1.54, 1.807) is 6.20 Å². The zero-order chi connectivity index (χ0) is 17.9. The fraction of sp³-hybridized carbons (Fsp3) is 0.421. The number of rotatable bonds is 4. The zero-order valence-corrected chi connectivity index (χ0v) is 15.2. The Kier molecular flexibility index (Phi) is 4.60. The van der Waals surface area contributed by atoms with E-state index in [1.165, 1.54) is 0 Å². The van der Waals surface area contributed by atoms with Crippen LogP contribution >= 0.6 is 0 Å². The standard InChI is InChI=1S/C19H23N7/c1-3-17-22-8-10-26(17)19-12-20-11-16(24-19)15-5-4-9-25(13-15)18-6-7-21-14(2)23-18/h6-8,10-12,15H,3-5,9,13H2,1-2H3/t15-/m0/s1. The quantitative estimate of drug-likeness (QED) is 0.721. The third kappa shape index (κ3) is 3.29. The van der Waals surface area contributed by atoms with E-state index in [-0.39, 0.29) is 0 Å². The van der Waals surface area contributed by atoms with Gasteiger partial charge in [0.05, 0.1) is 11.9 Å². The molecule has 0 bridgehead atoms. The second-order valence-corrected chi connectivity index (χ2v) is 6.62. The summed E-state index contributed by atoms with van der Waals surface area (Å²) in [5, 5.41) is 0. The van der Waals surface area contributed by atoms with Crippen molar-refractivity contribution >= 4 is 5.82 Å². The third-order valence-corrected chi connectivity index (χ3v) is 4.85. The highest BCUT2D eigenvalue weighted by molar-refractivity contribution is 5.39. The lowest BCUT2D eigenvalue weighted by molar-refractivity contribution is 0.496. The molecule has 4 rings (SSSR count). The van der Waals surface area contributed by atoms with Gasteiger partial charge >= 0.3 is 0 Å². The molecule has 1 aliphatic heterocycles. The largest absolute Gasteiger partial charge is 0.356 e. The van der Waals surface area contributed by atoms with Crippen LogP contribution in [0.25, 0.3) is 5.82 Å². The minimum atomic E-state index is 0.347. The van der Waals surface area contributed by atoms with Crippen LogP contribution in [0.3, 0.4) is 0 Å². The average Bonchev–Trinajstić information content (AvgIpc) is 3.17. The Labute approximate surface area is 153 Å². The van der Waals surface area contributed by atoms with Crippen LogP contribution in [0.15, 0.2) is 37.1 Å². The van der Waals surface area contributed by atoms with Crippen LogP contribution in [-0.2, 0) is 6.42 Å². The van der Waals surface area contributed by atoms with E-state index >= 15 is 0 Å². The number of nitrogens with zero attached hydrogens (tertiary/aromatic N) is 7. The number of aryl methyl sites for hydroxylation is 2. The van der Waals surface area contributed by atoms with Crippen molar-refractivity contribution < 1.29 is 0 Å². The molecular formula is C19H23N7. The molecule has 1 saturated heterocycles. The Bertz CT molecular complexity index is 889. The van der Waals surface area contributed by atoms with Gasteiger partial charge in [-0.25, -0.2) is 19.9 Å². The molecule has 1 aliphatic rings. The summed E-state index contributed by atoms with van der Waals surface area (Å²) in [6.07, 6.45) is 12.4. The van der Waals surface area contributed by atoms with E-state index in [2.05, 4.69) is 31.8 Å². The molecule has 3 aromatic heterocycles. The Balaban J connectivity index is 1.58. The van der Waals surface area contributed by atoms with Crippen LogP contribution in [-0.4, -0.2) is 42.6 Å². The summed E-state index contributed by atoms with van der Waals surface area (Å²) < 4.78 is 2.02. The minimum Gasteiger partial charge on any atom is -0.356 e. The van der Waals surface area contributed by atoms with Crippen molar-refractivity contribution in [1.82, 2.24) is 29.5 Å². The normalized spacial score (nSPS) is 17.5. The molecule has 0 N–H and O–H groups in total. The molecule has 0 amide bonds. The van der Waals surface area contributed by atoms with Crippen molar-refractivity contribution in [3.05, 3.63) is 54.4 Å². The molecule has 134 valence electrons. The van der Waals surface area contributed by atoms with Crippen molar-refractivity contribution in [3.63, 3.8) is 0 Å². The van der Waals surface area contributed by atoms with Crippen LogP contribution in [0.4, 0.5) is 5.82 Å². The lowest BCUT2D eigenvalue weighted by Gasteiger charge is -2.33. The summed E-state index contributed by atoms with van der Waals surface area (Å²) in [5.41, 5.74) is 1.04. The average molecular weight is 349 g/mol. The first kappa shape index (κ1) is 16.6. The fourth-order valence-corrected chi connectivity index (χ4v) is 3.53. The van der Waals surface area contributed by atoms with Gasteiger partial charge in [0.2, 0.25) is 0 Å². The van der Waals surface area contributed by atoms with E-state index in [0.29, 0.717) is 5.92 Å². The first-order valence-electron chi connectivity index (χ1n) is 9.13. The van der Waals surface area contributed by atoms with Crippen LogP contribution in [0.5, 0.6) is 0 Å². The molecule has 0 spiro atoms. The van der Waals surface area contributed by atoms with Crippen molar-refractivity contribution in [2.24, 2.45) is 0 Å². The van der Waals surface area contributed by atoms with E-state index in [1.807, 2.05) is 42.3 Å². The number of anilines is 1. The lowest BCUT2D eigenvalue weighted by Crippen LogP contribution is -2.35. The topological polar surface area (TPSA) is 72.6 Å². The molecule has 1 fully saturated rings. The summed E-state index contributed by atoms with van der Waals surface area (Å²) in [6, 6.07) is 1.98. The predicted molar refractivity (Wildman–Crippen MR) is 99.5 cm³/mol. The van der Waals surface area contributed by atoms with E-state index in [9.17, 15) is 0 Å². The van der Waals surface area contributed by atoms with Gasteiger partial charge in [-0.15, -0.1) is 0 Å². The zero-order valence-electron chi connectivity index (χ0n) is 15.2. The second kappa shape index (κ2) is 7.19. The van der Waals surface area contributed by atoms with Crippen LogP contribution in [0, 0.1) is 6.92 Å². The SMILES string of the molecule is CCc1nccn1-c1cncc([C@H]2CCCN(c3ccnc(C)n3)C2)n1. The molecule has 7 nitrogen and oxygen atoms in total. The summed E-state index contributed by atoms with van der Waals surface area (Å²) in [6.45, 7) is 5.94. The third-order valence-electron chi connectivity index (χ3n) is 4.85. The van der Waals surface area contributed by atoms with Crippen LogP contribution in [0.2, 0.25) is 0 Å². The molecule has 3 aromatic rings. The summed E-state index contributed by atoms with van der Waals surface area (Å²) in [5.74, 6) is 3.98. The highest BCUT2D eigenvalue weighted by atomic mass is 15.2. The van der Waals surface area contributed by atoms with Gasteiger partial charge < -0.3 is 4.90 Å². The van der Waals surface area contributed by atoms with Gasteiger partial charge in [-0.3, -0.25) is 9.55 Å². The van der Waals surface area contributed by atoms with Gasteiger partial charge in [0, 0.05) is 50.2 Å². The molecule has 0 aliphatic carbocycles. The fourth-order valence-electron chi connectivity index (χ4n) is 3.53. The first-order valence-corrected chi connectivity index (χ1v) is 9.13. The molecule has 0 radical (unpaired) electrons. The molecular weight excluding hydrogens is 326 g/mol. The lowest BCUT2D eigenvalue weighted by atomic mass is 9.95. The molecule has 7 heteroatoms. The smallest absolute Gasteiger partial charge is 0.156 e. The number of imidazole rings is 1. The van der Waals surface area contributed by atoms with Gasteiger partial charge in [0.25, 0.3) is 0 Å². The van der Waals surface area contributed by atoms with Crippen LogP contribution in [0.1, 0.15) is 43.0 Å². The van der Waals surface area contributed by atoms with E-state index in [0.717, 1.165) is 61.3 Å². The molecule has 0 unspecified atom stereocenters. The van der Waals surface area contributed by atoms with Crippen molar-refractivity contribution in [2.75, 3.05) is 18.0 Å². The molecule has 0 saturated carbocycles. The molecule has 1 atom stereocenters. The Morgan fingerprint density at radius 3 is 2.88 bits per heavy atom. The van der Waals surface area contributed by atoms with Gasteiger partial charge in [0.1, 0.15) is 17.5 Å². The predicted octanol–water partition coefficient (Wildman–Crippen LogP) is 2.71. The van der Waals surface area contributed by atoms with Crippen LogP contribution < -0.4 is 4.90 Å². The van der Waals surface area contributed by atoms with Gasteiger partial charge in [-0.2, -0.15) is 0 Å². The Hall–Kier alpha value is -2.83.